The molecular formula is C20H27N3O3. The van der Waals surface area contributed by atoms with Gasteiger partial charge in [0.15, 0.2) is 0 Å². The summed E-state index contributed by atoms with van der Waals surface area (Å²) in [4.78, 5) is 39.1. The third-order valence-corrected chi connectivity index (χ3v) is 6.28. The van der Waals surface area contributed by atoms with Crippen LogP contribution in [0.5, 0.6) is 0 Å². The first-order valence-electron chi connectivity index (χ1n) is 9.83. The third kappa shape index (κ3) is 3.17. The summed E-state index contributed by atoms with van der Waals surface area (Å²) in [6.07, 6.45) is 6.25. The van der Waals surface area contributed by atoms with Crippen molar-refractivity contribution < 1.29 is 9.59 Å². The number of aromatic nitrogens is 1. The number of pyridine rings is 1. The predicted octanol–water partition coefficient (Wildman–Crippen LogP) is 2.33. The maximum absolute atomic E-state index is 12.9. The molecule has 2 fully saturated rings. The molecule has 0 radical (unpaired) electrons. The third-order valence-electron chi connectivity index (χ3n) is 6.28. The van der Waals surface area contributed by atoms with Gasteiger partial charge in [-0.15, -0.1) is 0 Å². The maximum atomic E-state index is 12.9. The van der Waals surface area contributed by atoms with E-state index in [-0.39, 0.29) is 29.2 Å². The van der Waals surface area contributed by atoms with Gasteiger partial charge in [-0.3, -0.25) is 14.4 Å². The monoisotopic (exact) mass is 357 g/mol. The molecular weight excluding hydrogens is 330 g/mol. The van der Waals surface area contributed by atoms with Gasteiger partial charge in [0.05, 0.1) is 0 Å². The number of nitrogens with one attached hydrogen (secondary N) is 1. The maximum Gasteiger partial charge on any atom is 0.274 e. The van der Waals surface area contributed by atoms with Crippen molar-refractivity contribution in [1.29, 1.82) is 0 Å². The zero-order valence-corrected chi connectivity index (χ0v) is 15.4. The topological polar surface area (TPSA) is 71.4 Å². The summed E-state index contributed by atoms with van der Waals surface area (Å²) in [7, 11) is 0. The van der Waals surface area contributed by atoms with E-state index in [4.69, 9.17) is 0 Å². The lowest BCUT2D eigenvalue weighted by molar-refractivity contribution is -0.131. The molecule has 2 bridgehead atoms. The molecule has 140 valence electrons. The predicted molar refractivity (Wildman–Crippen MR) is 99.0 cm³/mol. The fourth-order valence-electron chi connectivity index (χ4n) is 4.90. The number of anilines is 1. The van der Waals surface area contributed by atoms with Gasteiger partial charge in [-0.25, -0.2) is 0 Å². The number of likely N-dealkylation sites (tertiary alicyclic amines) is 1. The van der Waals surface area contributed by atoms with Crippen molar-refractivity contribution in [3.8, 4) is 0 Å². The van der Waals surface area contributed by atoms with Gasteiger partial charge in [0.2, 0.25) is 11.8 Å². The number of carbonyl (C=O) groups is 2. The summed E-state index contributed by atoms with van der Waals surface area (Å²) in [6.45, 7) is 3.63. The van der Waals surface area contributed by atoms with Gasteiger partial charge in [0, 0.05) is 44.1 Å². The quantitative estimate of drug-likeness (QED) is 0.883. The minimum Gasteiger partial charge on any atom is -0.342 e. The van der Waals surface area contributed by atoms with E-state index in [9.17, 15) is 14.4 Å². The van der Waals surface area contributed by atoms with Gasteiger partial charge in [-0.2, -0.15) is 0 Å². The summed E-state index contributed by atoms with van der Waals surface area (Å²) >= 11 is 0. The summed E-state index contributed by atoms with van der Waals surface area (Å²) in [5.74, 6) is 0.648. The molecule has 1 saturated heterocycles. The number of carbonyl (C=O) groups excluding carboxylic acids is 2. The van der Waals surface area contributed by atoms with E-state index < -0.39 is 0 Å². The first-order valence-corrected chi connectivity index (χ1v) is 9.83. The number of rotatable bonds is 2. The highest BCUT2D eigenvalue weighted by Crippen LogP contribution is 2.35. The van der Waals surface area contributed by atoms with E-state index in [1.54, 1.807) is 13.0 Å². The van der Waals surface area contributed by atoms with Crippen molar-refractivity contribution >= 4 is 17.5 Å². The van der Waals surface area contributed by atoms with Crippen molar-refractivity contribution in [2.24, 2.45) is 11.8 Å². The summed E-state index contributed by atoms with van der Waals surface area (Å²) in [6, 6.07) is 3.71. The smallest absolute Gasteiger partial charge is 0.274 e. The van der Waals surface area contributed by atoms with Crippen molar-refractivity contribution in [2.75, 3.05) is 18.4 Å². The van der Waals surface area contributed by atoms with Gasteiger partial charge >= 0.3 is 0 Å². The fourth-order valence-corrected chi connectivity index (χ4v) is 4.90. The van der Waals surface area contributed by atoms with Gasteiger partial charge in [-0.1, -0.05) is 19.3 Å². The van der Waals surface area contributed by atoms with E-state index >= 15 is 0 Å². The fraction of sp³-hybridized carbons (Fsp3) is 0.650. The standard InChI is InChI=1S/C20H27N3O3/c1-13(24)22-10-14-9-16(12-22)18-8-7-17(20(26)23(18)11-14)21-19(25)15-5-3-2-4-6-15/h7-8,14-16H,2-6,9-12H2,1H3,(H,21,25)/t14-,16+/m0/s1. The van der Waals surface area contributed by atoms with Crippen LogP contribution in [0.4, 0.5) is 5.69 Å². The Morgan fingerprint density at radius 3 is 2.58 bits per heavy atom. The van der Waals surface area contributed by atoms with Crippen molar-refractivity contribution in [2.45, 2.75) is 57.9 Å². The molecule has 2 amide bonds. The first-order chi connectivity index (χ1) is 12.5. The number of piperidine rings is 1. The number of hydrogen-bond acceptors (Lipinski definition) is 3. The molecule has 0 aromatic carbocycles. The van der Waals surface area contributed by atoms with Crippen LogP contribution in [-0.2, 0) is 16.1 Å². The molecule has 1 N–H and O–H groups in total. The Morgan fingerprint density at radius 1 is 1.08 bits per heavy atom. The molecule has 2 aliphatic heterocycles. The van der Waals surface area contributed by atoms with E-state index in [0.717, 1.165) is 44.3 Å². The second-order valence-electron chi connectivity index (χ2n) is 8.13. The Kier molecular flexibility index (Phi) is 4.59. The van der Waals surface area contributed by atoms with Crippen LogP contribution in [0.15, 0.2) is 16.9 Å². The van der Waals surface area contributed by atoms with Gasteiger partial charge in [0.25, 0.3) is 5.56 Å². The molecule has 0 spiro atoms. The average molecular weight is 357 g/mol. The van der Waals surface area contributed by atoms with E-state index in [0.29, 0.717) is 24.7 Å². The summed E-state index contributed by atoms with van der Waals surface area (Å²) in [5.41, 5.74) is 1.29. The molecule has 1 aromatic rings. The van der Waals surface area contributed by atoms with Gasteiger partial charge < -0.3 is 14.8 Å². The van der Waals surface area contributed by atoms with E-state index in [1.807, 2.05) is 15.5 Å². The largest absolute Gasteiger partial charge is 0.342 e. The van der Waals surface area contributed by atoms with Crippen LogP contribution < -0.4 is 10.9 Å². The van der Waals surface area contributed by atoms with Gasteiger partial charge in [0.1, 0.15) is 5.69 Å². The summed E-state index contributed by atoms with van der Waals surface area (Å²) < 4.78 is 1.83. The van der Waals surface area contributed by atoms with Crippen LogP contribution in [0.1, 0.15) is 57.1 Å². The molecule has 0 unspecified atom stereocenters. The van der Waals surface area contributed by atoms with Crippen LogP contribution in [-0.4, -0.2) is 34.4 Å². The van der Waals surface area contributed by atoms with Crippen molar-refractivity contribution in [3.63, 3.8) is 0 Å². The molecule has 3 aliphatic rings. The first kappa shape index (κ1) is 17.3. The molecule has 6 nitrogen and oxygen atoms in total. The Bertz CT molecular complexity index is 779. The number of hydrogen-bond donors (Lipinski definition) is 1. The molecule has 6 heteroatoms. The second-order valence-corrected chi connectivity index (χ2v) is 8.13. The summed E-state index contributed by atoms with van der Waals surface area (Å²) in [5, 5.41) is 2.89. The minimum absolute atomic E-state index is 0.0129. The lowest BCUT2D eigenvalue weighted by Gasteiger charge is -2.42. The second kappa shape index (κ2) is 6.89. The normalized spacial score (nSPS) is 25.5. The van der Waals surface area contributed by atoms with Crippen molar-refractivity contribution in [1.82, 2.24) is 9.47 Å². The molecule has 1 aromatic heterocycles. The molecule has 26 heavy (non-hydrogen) atoms. The molecule has 1 aliphatic carbocycles. The molecule has 1 saturated carbocycles. The zero-order chi connectivity index (χ0) is 18.3. The highest BCUT2D eigenvalue weighted by molar-refractivity contribution is 5.92. The van der Waals surface area contributed by atoms with Crippen LogP contribution in [0.3, 0.4) is 0 Å². The molecule has 3 heterocycles. The highest BCUT2D eigenvalue weighted by atomic mass is 16.2. The number of nitrogens with zero attached hydrogens (tertiary/aromatic N) is 2. The number of fused-ring (bicyclic) bond motifs is 4. The average Bonchev–Trinajstić information content (AvgIpc) is 2.65. The van der Waals surface area contributed by atoms with Crippen LogP contribution in [0.25, 0.3) is 0 Å². The Labute approximate surface area is 153 Å². The van der Waals surface area contributed by atoms with Crippen LogP contribution >= 0.6 is 0 Å². The zero-order valence-electron chi connectivity index (χ0n) is 15.4. The van der Waals surface area contributed by atoms with E-state index in [2.05, 4.69) is 5.32 Å². The van der Waals surface area contributed by atoms with Crippen molar-refractivity contribution in [3.05, 3.63) is 28.2 Å². The number of amides is 2. The van der Waals surface area contributed by atoms with Gasteiger partial charge in [-0.05, 0) is 37.3 Å². The Balaban J connectivity index is 1.56. The highest BCUT2D eigenvalue weighted by Gasteiger charge is 2.36. The van der Waals surface area contributed by atoms with Crippen LogP contribution in [0, 0.1) is 11.8 Å². The minimum atomic E-state index is -0.0994. The molecule has 4 rings (SSSR count). The SMILES string of the molecule is CC(=O)N1C[C@@H]2C[C@H](C1)c1ccc(NC(=O)C3CCCCC3)c(=O)n1C2. The molecule has 2 atom stereocenters. The Morgan fingerprint density at radius 2 is 1.85 bits per heavy atom. The van der Waals surface area contributed by atoms with E-state index in [1.165, 1.54) is 6.42 Å². The Hall–Kier alpha value is -2.11. The lowest BCUT2D eigenvalue weighted by Crippen LogP contribution is -2.48. The van der Waals surface area contributed by atoms with Crippen LogP contribution in [0.2, 0.25) is 0 Å². The lowest BCUT2D eigenvalue weighted by atomic mass is 9.83.